The zero-order valence-corrected chi connectivity index (χ0v) is 11.7. The Labute approximate surface area is 118 Å². The summed E-state index contributed by atoms with van der Waals surface area (Å²) >= 11 is 0. The minimum absolute atomic E-state index is 0.0969. The van der Waals surface area contributed by atoms with E-state index >= 15 is 0 Å². The fourth-order valence-electron chi connectivity index (χ4n) is 3.92. The number of ether oxygens (including phenoxy) is 1. The van der Waals surface area contributed by atoms with Gasteiger partial charge in [-0.3, -0.25) is 4.79 Å². The van der Waals surface area contributed by atoms with Gasteiger partial charge in [-0.05, 0) is 32.6 Å². The number of nitrogens with one attached hydrogen (secondary N) is 1. The monoisotopic (exact) mass is 282 g/mol. The third-order valence-electron chi connectivity index (χ3n) is 5.14. The molecule has 2 amide bonds. The van der Waals surface area contributed by atoms with Crippen molar-refractivity contribution in [1.82, 2.24) is 10.2 Å². The Morgan fingerprint density at radius 2 is 2.15 bits per heavy atom. The molecule has 6 nitrogen and oxygen atoms in total. The first-order valence-electron chi connectivity index (χ1n) is 7.48. The van der Waals surface area contributed by atoms with Crippen LogP contribution in [0.3, 0.4) is 0 Å². The van der Waals surface area contributed by atoms with E-state index in [1.807, 2.05) is 6.92 Å². The number of aliphatic carboxylic acids is 1. The Morgan fingerprint density at radius 3 is 2.75 bits per heavy atom. The molecule has 5 unspecified atom stereocenters. The predicted octanol–water partition coefficient (Wildman–Crippen LogP) is 1.06. The summed E-state index contributed by atoms with van der Waals surface area (Å²) in [6, 6.07) is -0.103. The van der Waals surface area contributed by atoms with Crippen LogP contribution in [0, 0.1) is 11.8 Å². The normalized spacial score (nSPS) is 39.2. The number of urea groups is 1. The van der Waals surface area contributed by atoms with E-state index in [9.17, 15) is 14.7 Å². The van der Waals surface area contributed by atoms with Crippen molar-refractivity contribution in [2.24, 2.45) is 11.8 Å². The average molecular weight is 282 g/mol. The molecule has 3 heterocycles. The van der Waals surface area contributed by atoms with Crippen molar-refractivity contribution in [3.8, 4) is 0 Å². The van der Waals surface area contributed by atoms with Gasteiger partial charge >= 0.3 is 12.0 Å². The highest BCUT2D eigenvalue weighted by molar-refractivity contribution is 5.79. The molecule has 6 heteroatoms. The summed E-state index contributed by atoms with van der Waals surface area (Å²) in [7, 11) is 0. The van der Waals surface area contributed by atoms with Gasteiger partial charge in [0.1, 0.15) is 0 Å². The number of amides is 2. The smallest absolute Gasteiger partial charge is 0.317 e. The maximum Gasteiger partial charge on any atom is 0.317 e. The summed E-state index contributed by atoms with van der Waals surface area (Å²) in [6.07, 6.45) is 3.53. The topological polar surface area (TPSA) is 78.9 Å². The lowest BCUT2D eigenvalue weighted by Crippen LogP contribution is -2.46. The van der Waals surface area contributed by atoms with Gasteiger partial charge in [0.25, 0.3) is 0 Å². The average Bonchev–Trinajstić information content (AvgIpc) is 3.09. The Morgan fingerprint density at radius 1 is 1.35 bits per heavy atom. The SMILES string of the molecule is CC1OCCC1CNC(=O)N1C2CCC1C(C(=O)O)C2. The van der Waals surface area contributed by atoms with E-state index in [0.29, 0.717) is 18.9 Å². The van der Waals surface area contributed by atoms with Crippen molar-refractivity contribution in [3.63, 3.8) is 0 Å². The number of rotatable bonds is 3. The summed E-state index contributed by atoms with van der Waals surface area (Å²) in [5.41, 5.74) is 0. The highest BCUT2D eigenvalue weighted by Gasteiger charge is 2.51. The third-order valence-corrected chi connectivity index (χ3v) is 5.14. The zero-order valence-electron chi connectivity index (χ0n) is 11.7. The van der Waals surface area contributed by atoms with Crippen LogP contribution in [0.1, 0.15) is 32.6 Å². The van der Waals surface area contributed by atoms with Gasteiger partial charge in [0.05, 0.1) is 12.0 Å². The Kier molecular flexibility index (Phi) is 3.58. The molecule has 20 heavy (non-hydrogen) atoms. The minimum atomic E-state index is -0.771. The van der Waals surface area contributed by atoms with Crippen molar-refractivity contribution in [2.75, 3.05) is 13.2 Å². The van der Waals surface area contributed by atoms with Crippen molar-refractivity contribution < 1.29 is 19.4 Å². The van der Waals surface area contributed by atoms with Gasteiger partial charge in [-0.1, -0.05) is 0 Å². The van der Waals surface area contributed by atoms with Gasteiger partial charge in [-0.15, -0.1) is 0 Å². The summed E-state index contributed by atoms with van der Waals surface area (Å²) in [6.45, 7) is 3.41. The lowest BCUT2D eigenvalue weighted by molar-refractivity contribution is -0.142. The molecular weight excluding hydrogens is 260 g/mol. The van der Waals surface area contributed by atoms with Gasteiger partial charge < -0.3 is 20.1 Å². The van der Waals surface area contributed by atoms with Crippen LogP contribution in [0.5, 0.6) is 0 Å². The highest BCUT2D eigenvalue weighted by Crippen LogP contribution is 2.41. The number of hydrogen-bond acceptors (Lipinski definition) is 3. The molecular formula is C14H22N2O4. The minimum Gasteiger partial charge on any atom is -0.481 e. The molecule has 5 atom stereocenters. The molecule has 3 aliphatic heterocycles. The van der Waals surface area contributed by atoms with Crippen molar-refractivity contribution >= 4 is 12.0 Å². The van der Waals surface area contributed by atoms with Gasteiger partial charge in [-0.25, -0.2) is 4.79 Å². The molecule has 112 valence electrons. The fourth-order valence-corrected chi connectivity index (χ4v) is 3.92. The molecule has 0 aromatic heterocycles. The standard InChI is InChI=1S/C14H22N2O4/c1-8-9(4-5-20-8)7-15-14(19)16-10-2-3-12(16)11(6-10)13(17)18/h8-12H,2-7H2,1H3,(H,15,19)(H,17,18). The summed E-state index contributed by atoms with van der Waals surface area (Å²) in [4.78, 5) is 25.3. The Balaban J connectivity index is 1.57. The number of fused-ring (bicyclic) bond motifs is 2. The zero-order chi connectivity index (χ0) is 14.3. The highest BCUT2D eigenvalue weighted by atomic mass is 16.5. The van der Waals surface area contributed by atoms with Crippen LogP contribution < -0.4 is 5.32 Å². The summed E-state index contributed by atoms with van der Waals surface area (Å²) < 4.78 is 5.48. The molecule has 2 bridgehead atoms. The summed E-state index contributed by atoms with van der Waals surface area (Å²) in [5, 5.41) is 12.2. The van der Waals surface area contributed by atoms with Gasteiger partial charge in [-0.2, -0.15) is 0 Å². The number of hydrogen-bond donors (Lipinski definition) is 2. The lowest BCUT2D eigenvalue weighted by atomic mass is 9.89. The molecule has 0 saturated carbocycles. The van der Waals surface area contributed by atoms with E-state index in [1.165, 1.54) is 0 Å². The van der Waals surface area contributed by atoms with E-state index in [1.54, 1.807) is 4.90 Å². The molecule has 0 aromatic rings. The van der Waals surface area contributed by atoms with Gasteiger partial charge in [0, 0.05) is 31.2 Å². The molecule has 3 saturated heterocycles. The number of carboxylic acid groups (broad SMARTS) is 1. The first-order valence-corrected chi connectivity index (χ1v) is 7.48. The number of nitrogens with zero attached hydrogens (tertiary/aromatic N) is 1. The van der Waals surface area contributed by atoms with Crippen LogP contribution >= 0.6 is 0 Å². The van der Waals surface area contributed by atoms with E-state index in [0.717, 1.165) is 25.9 Å². The van der Waals surface area contributed by atoms with Gasteiger partial charge in [0.15, 0.2) is 0 Å². The molecule has 0 aliphatic carbocycles. The molecule has 3 fully saturated rings. The van der Waals surface area contributed by atoms with E-state index < -0.39 is 5.97 Å². The molecule has 3 rings (SSSR count). The van der Waals surface area contributed by atoms with Crippen LogP contribution in [-0.2, 0) is 9.53 Å². The van der Waals surface area contributed by atoms with E-state index in [2.05, 4.69) is 5.32 Å². The number of carboxylic acids is 1. The van der Waals surface area contributed by atoms with E-state index in [-0.39, 0.29) is 30.1 Å². The second kappa shape index (κ2) is 5.24. The van der Waals surface area contributed by atoms with Crippen molar-refractivity contribution in [1.29, 1.82) is 0 Å². The fraction of sp³-hybridized carbons (Fsp3) is 0.857. The van der Waals surface area contributed by atoms with Crippen LogP contribution in [0.25, 0.3) is 0 Å². The number of carbonyl (C=O) groups is 2. The third kappa shape index (κ3) is 2.26. The Hall–Kier alpha value is -1.30. The first-order chi connectivity index (χ1) is 9.58. The summed E-state index contributed by atoms with van der Waals surface area (Å²) in [5.74, 6) is -0.782. The molecule has 0 spiro atoms. The maximum atomic E-state index is 12.3. The van der Waals surface area contributed by atoms with Crippen molar-refractivity contribution in [3.05, 3.63) is 0 Å². The molecule has 0 aromatic carbocycles. The quantitative estimate of drug-likeness (QED) is 0.811. The molecule has 2 N–H and O–H groups in total. The van der Waals surface area contributed by atoms with Crippen LogP contribution in [0.4, 0.5) is 4.79 Å². The predicted molar refractivity (Wildman–Crippen MR) is 71.3 cm³/mol. The molecule has 0 radical (unpaired) electrons. The largest absolute Gasteiger partial charge is 0.481 e. The second-order valence-electron chi connectivity index (χ2n) is 6.20. The first kappa shape index (κ1) is 13.7. The van der Waals surface area contributed by atoms with E-state index in [4.69, 9.17) is 4.74 Å². The van der Waals surface area contributed by atoms with Crippen LogP contribution in [0.15, 0.2) is 0 Å². The van der Waals surface area contributed by atoms with Crippen molar-refractivity contribution in [2.45, 2.75) is 50.8 Å². The molecule has 3 aliphatic rings. The Bertz CT molecular complexity index is 414. The lowest BCUT2D eigenvalue weighted by Gasteiger charge is -2.24. The second-order valence-corrected chi connectivity index (χ2v) is 6.20. The maximum absolute atomic E-state index is 12.3. The van der Waals surface area contributed by atoms with Crippen LogP contribution in [-0.4, -0.2) is 53.3 Å². The van der Waals surface area contributed by atoms with Crippen LogP contribution in [0.2, 0.25) is 0 Å². The number of carbonyl (C=O) groups excluding carboxylic acids is 1. The van der Waals surface area contributed by atoms with Gasteiger partial charge in [0.2, 0.25) is 0 Å².